The van der Waals surface area contributed by atoms with Crippen molar-refractivity contribution in [2.75, 3.05) is 6.54 Å². The molecule has 4 heterocycles. The molecule has 1 atom stereocenters. The lowest BCUT2D eigenvalue weighted by molar-refractivity contribution is 0.0648. The number of nitrogens with zero attached hydrogens (tertiary/aromatic N) is 4. The minimum Gasteiger partial charge on any atom is -0.351 e. The zero-order valence-corrected chi connectivity index (χ0v) is 14.2. The van der Waals surface area contributed by atoms with Crippen molar-refractivity contribution < 1.29 is 13.7 Å². The summed E-state index contributed by atoms with van der Waals surface area (Å²) < 4.78 is 19.4. The molecule has 1 aromatic carbocycles. The maximum Gasteiger partial charge on any atom is 0.293 e. The summed E-state index contributed by atoms with van der Waals surface area (Å²) in [6.45, 7) is 0.490. The van der Waals surface area contributed by atoms with E-state index in [-0.39, 0.29) is 17.5 Å². The predicted molar refractivity (Wildman–Crippen MR) is 91.3 cm³/mol. The summed E-state index contributed by atoms with van der Waals surface area (Å²) in [6.07, 6.45) is 3.71. The largest absolute Gasteiger partial charge is 0.351 e. The predicted octanol–water partition coefficient (Wildman–Crippen LogP) is 2.93. The first-order valence-electron chi connectivity index (χ1n) is 8.00. The van der Waals surface area contributed by atoms with Crippen molar-refractivity contribution in [3.63, 3.8) is 0 Å². The number of amides is 1. The zero-order valence-electron chi connectivity index (χ0n) is 13.3. The van der Waals surface area contributed by atoms with Gasteiger partial charge in [-0.2, -0.15) is 0 Å². The summed E-state index contributed by atoms with van der Waals surface area (Å²) in [5.41, 5.74) is 2.30. The van der Waals surface area contributed by atoms with Gasteiger partial charge in [0.1, 0.15) is 16.9 Å². The molecule has 1 N–H and O–H groups in total. The molecule has 7 nitrogen and oxygen atoms in total. The second-order valence-corrected chi connectivity index (χ2v) is 7.02. The summed E-state index contributed by atoms with van der Waals surface area (Å²) >= 11 is 1.43. The first kappa shape index (κ1) is 15.2. The van der Waals surface area contributed by atoms with Crippen LogP contribution < -0.4 is 0 Å². The van der Waals surface area contributed by atoms with E-state index in [1.54, 1.807) is 17.3 Å². The van der Waals surface area contributed by atoms with Gasteiger partial charge in [-0.15, -0.1) is 11.3 Å². The Bertz CT molecular complexity index is 1100. The summed E-state index contributed by atoms with van der Waals surface area (Å²) in [6, 6.07) is 5.58. The molecule has 3 aromatic heterocycles. The molecule has 5 rings (SSSR count). The number of benzene rings is 1. The van der Waals surface area contributed by atoms with Crippen LogP contribution in [0.4, 0.5) is 4.39 Å². The number of hydrogen-bond acceptors (Lipinski definition) is 6. The van der Waals surface area contributed by atoms with E-state index in [0.29, 0.717) is 23.5 Å². The Hall–Kier alpha value is -3.07. The minimum absolute atomic E-state index is 0.168. The molecule has 0 fully saturated rings. The molecule has 26 heavy (non-hydrogen) atoms. The molecule has 1 amide bonds. The summed E-state index contributed by atoms with van der Waals surface area (Å²) in [7, 11) is 0. The maximum atomic E-state index is 13.5. The zero-order chi connectivity index (χ0) is 17.7. The molecule has 0 radical (unpaired) electrons. The highest BCUT2D eigenvalue weighted by molar-refractivity contribution is 7.18. The minimum atomic E-state index is -0.455. The topological polar surface area (TPSA) is 87.9 Å². The van der Waals surface area contributed by atoms with E-state index < -0.39 is 6.04 Å². The van der Waals surface area contributed by atoms with Crippen molar-refractivity contribution in [3.05, 3.63) is 64.8 Å². The standard InChI is InChI=1S/C17H12FN5O2S/c18-9-1-2-13-11(7-9)22-16(26-13)15-14-10(19-8-20-14)4-6-23(15)17(24)12-3-5-21-25-12/h1-3,5,7-8,15H,4,6H2,(H,19,20)/t15-/m0/s1. The Balaban J connectivity index is 1.64. The molecule has 9 heteroatoms. The first-order chi connectivity index (χ1) is 12.7. The second kappa shape index (κ2) is 5.73. The smallest absolute Gasteiger partial charge is 0.293 e. The van der Waals surface area contributed by atoms with E-state index in [9.17, 15) is 9.18 Å². The van der Waals surface area contributed by atoms with Crippen LogP contribution in [-0.2, 0) is 6.42 Å². The molecule has 4 aromatic rings. The van der Waals surface area contributed by atoms with Crippen LogP contribution in [0.3, 0.4) is 0 Å². The normalized spacial score (nSPS) is 16.8. The molecule has 1 aliphatic rings. The number of aromatic nitrogens is 4. The first-order valence-corrected chi connectivity index (χ1v) is 8.82. The number of thiazole rings is 1. The third-order valence-corrected chi connectivity index (χ3v) is 5.52. The Morgan fingerprint density at radius 1 is 1.38 bits per heavy atom. The number of halogens is 1. The molecule has 0 unspecified atom stereocenters. The molecular weight excluding hydrogens is 357 g/mol. The van der Waals surface area contributed by atoms with Crippen LogP contribution in [0.1, 0.15) is 33.0 Å². The molecule has 0 saturated carbocycles. The van der Waals surface area contributed by atoms with Gasteiger partial charge >= 0.3 is 0 Å². The van der Waals surface area contributed by atoms with E-state index in [4.69, 9.17) is 4.52 Å². The van der Waals surface area contributed by atoms with Gasteiger partial charge in [-0.3, -0.25) is 4.79 Å². The van der Waals surface area contributed by atoms with Crippen LogP contribution in [0.2, 0.25) is 0 Å². The van der Waals surface area contributed by atoms with Gasteiger partial charge in [0.25, 0.3) is 5.91 Å². The number of imidazole rings is 1. The number of carbonyl (C=O) groups is 1. The average molecular weight is 369 g/mol. The second-order valence-electron chi connectivity index (χ2n) is 5.96. The van der Waals surface area contributed by atoms with Gasteiger partial charge in [-0.25, -0.2) is 14.4 Å². The van der Waals surface area contributed by atoms with E-state index in [2.05, 4.69) is 20.1 Å². The number of hydrogen-bond donors (Lipinski definition) is 1. The molecule has 0 aliphatic carbocycles. The highest BCUT2D eigenvalue weighted by Gasteiger charge is 2.37. The van der Waals surface area contributed by atoms with Gasteiger partial charge in [0.05, 0.1) is 28.4 Å². The van der Waals surface area contributed by atoms with Crippen LogP contribution in [0, 0.1) is 5.82 Å². The van der Waals surface area contributed by atoms with Gasteiger partial charge < -0.3 is 14.4 Å². The SMILES string of the molecule is O=C(c1ccno1)N1CCc2[nH]cnc2[C@H]1c1nc2cc(F)ccc2s1. The van der Waals surface area contributed by atoms with Crippen molar-refractivity contribution in [2.24, 2.45) is 0 Å². The van der Waals surface area contributed by atoms with E-state index in [1.807, 2.05) is 0 Å². The Morgan fingerprint density at radius 3 is 3.15 bits per heavy atom. The van der Waals surface area contributed by atoms with Crippen LogP contribution in [0.25, 0.3) is 10.2 Å². The van der Waals surface area contributed by atoms with Gasteiger partial charge in [-0.1, -0.05) is 5.16 Å². The summed E-state index contributed by atoms with van der Waals surface area (Å²) in [5, 5.41) is 4.30. The third-order valence-electron chi connectivity index (χ3n) is 4.43. The van der Waals surface area contributed by atoms with Crippen molar-refractivity contribution >= 4 is 27.5 Å². The number of rotatable bonds is 2. The highest BCUT2D eigenvalue weighted by atomic mass is 32.1. The van der Waals surface area contributed by atoms with Crippen LogP contribution in [0.5, 0.6) is 0 Å². The van der Waals surface area contributed by atoms with Gasteiger partial charge in [0.2, 0.25) is 5.76 Å². The molecule has 0 spiro atoms. The fourth-order valence-electron chi connectivity index (χ4n) is 3.25. The molecule has 0 bridgehead atoms. The van der Waals surface area contributed by atoms with Gasteiger partial charge in [0, 0.05) is 30.8 Å². The Labute approximate surface area is 150 Å². The Kier molecular flexibility index (Phi) is 3.35. The van der Waals surface area contributed by atoms with E-state index in [1.165, 1.54) is 35.7 Å². The number of H-pyrrole nitrogens is 1. The molecule has 1 aliphatic heterocycles. The fraction of sp³-hybridized carbons (Fsp3) is 0.176. The number of fused-ring (bicyclic) bond motifs is 2. The maximum absolute atomic E-state index is 13.5. The number of nitrogens with one attached hydrogen (secondary N) is 1. The molecule has 130 valence electrons. The van der Waals surface area contributed by atoms with E-state index in [0.717, 1.165) is 16.1 Å². The van der Waals surface area contributed by atoms with Crippen molar-refractivity contribution in [3.8, 4) is 0 Å². The van der Waals surface area contributed by atoms with Crippen molar-refractivity contribution in [2.45, 2.75) is 12.5 Å². The Morgan fingerprint density at radius 2 is 2.31 bits per heavy atom. The number of carbonyl (C=O) groups excluding carboxylic acids is 1. The molecule has 0 saturated heterocycles. The van der Waals surface area contributed by atoms with Crippen molar-refractivity contribution in [1.82, 2.24) is 25.0 Å². The lowest BCUT2D eigenvalue weighted by atomic mass is 10.0. The van der Waals surface area contributed by atoms with E-state index >= 15 is 0 Å². The highest BCUT2D eigenvalue weighted by Crippen LogP contribution is 2.38. The van der Waals surface area contributed by atoms with Crippen LogP contribution >= 0.6 is 11.3 Å². The lowest BCUT2D eigenvalue weighted by Crippen LogP contribution is -2.40. The average Bonchev–Trinajstić information content (AvgIpc) is 3.38. The third kappa shape index (κ3) is 2.31. The summed E-state index contributed by atoms with van der Waals surface area (Å²) in [4.78, 5) is 26.7. The lowest BCUT2D eigenvalue weighted by Gasteiger charge is -2.32. The van der Waals surface area contributed by atoms with Crippen LogP contribution in [0.15, 0.2) is 41.3 Å². The monoisotopic (exact) mass is 369 g/mol. The van der Waals surface area contributed by atoms with Gasteiger partial charge in [0.15, 0.2) is 0 Å². The van der Waals surface area contributed by atoms with Crippen LogP contribution in [-0.4, -0.2) is 37.5 Å². The van der Waals surface area contributed by atoms with Gasteiger partial charge in [-0.05, 0) is 12.1 Å². The van der Waals surface area contributed by atoms with Crippen molar-refractivity contribution in [1.29, 1.82) is 0 Å². The fourth-order valence-corrected chi connectivity index (χ4v) is 4.31. The summed E-state index contributed by atoms with van der Waals surface area (Å²) in [5.74, 6) is -0.444. The quantitative estimate of drug-likeness (QED) is 0.587. The number of aromatic amines is 1. The molecular formula is C17H12FN5O2S.